The molecule has 0 saturated carbocycles. The van der Waals surface area contributed by atoms with Gasteiger partial charge >= 0.3 is 9.05 Å². The standard InChI is InChI=1S/C8H4O4Si/c1-5-9-13(10-6-2,11-7-3)12-8-4/h1-4H. The van der Waals surface area contributed by atoms with Gasteiger partial charge in [-0.1, -0.05) is 25.7 Å². The van der Waals surface area contributed by atoms with Gasteiger partial charge in [-0.25, -0.2) is 0 Å². The number of hydrogen-bond acceptors (Lipinski definition) is 4. The van der Waals surface area contributed by atoms with Crippen molar-refractivity contribution in [3.63, 3.8) is 0 Å². The van der Waals surface area contributed by atoms with Crippen LogP contribution in [-0.2, 0) is 17.7 Å². The van der Waals surface area contributed by atoms with Gasteiger partial charge in [-0.15, -0.1) is 0 Å². The first-order valence-corrected chi connectivity index (χ1v) is 4.42. The Labute approximate surface area is 77.6 Å². The number of terminal acetylenes is 4. The lowest BCUT2D eigenvalue weighted by atomic mass is 11.3. The van der Waals surface area contributed by atoms with Crippen molar-refractivity contribution in [2.75, 3.05) is 0 Å². The van der Waals surface area contributed by atoms with Crippen LogP contribution in [0.2, 0.25) is 0 Å². The van der Waals surface area contributed by atoms with E-state index in [2.05, 4.69) is 17.7 Å². The maximum atomic E-state index is 4.82. The summed E-state index contributed by atoms with van der Waals surface area (Å²) in [6, 6.07) is 0. The van der Waals surface area contributed by atoms with E-state index in [1.165, 1.54) is 0 Å². The predicted octanol–water partition coefficient (Wildman–Crippen LogP) is -0.149. The fourth-order valence-corrected chi connectivity index (χ4v) is 1.24. The molecule has 0 aliphatic carbocycles. The Bertz CT molecular complexity index is 253. The van der Waals surface area contributed by atoms with Gasteiger partial charge in [0.05, 0.1) is 24.4 Å². The Balaban J connectivity index is 4.66. The molecule has 0 fully saturated rings. The predicted molar refractivity (Wildman–Crippen MR) is 45.4 cm³/mol. The molecule has 0 N–H and O–H groups in total. The largest absolute Gasteiger partial charge is 1.00 e. The Hall–Kier alpha value is -2.34. The van der Waals surface area contributed by atoms with Gasteiger partial charge in [-0.05, 0) is 0 Å². The van der Waals surface area contributed by atoms with Gasteiger partial charge in [0.2, 0.25) is 0 Å². The van der Waals surface area contributed by atoms with Crippen LogP contribution in [0.3, 0.4) is 0 Å². The van der Waals surface area contributed by atoms with Crippen LogP contribution < -0.4 is 0 Å². The molecule has 0 atom stereocenters. The summed E-state index contributed by atoms with van der Waals surface area (Å²) in [4.78, 5) is 0. The average Bonchev–Trinajstić information content (AvgIpc) is 2.06. The smallest absolute Gasteiger partial charge is 0.399 e. The number of hydrogen-bond donors (Lipinski definition) is 0. The second kappa shape index (κ2) is 5.33. The molecule has 4 nitrogen and oxygen atoms in total. The van der Waals surface area contributed by atoms with Crippen LogP contribution in [0.1, 0.15) is 0 Å². The molecule has 0 aromatic rings. The van der Waals surface area contributed by atoms with Crippen LogP contribution >= 0.6 is 0 Å². The van der Waals surface area contributed by atoms with Crippen LogP contribution in [0.15, 0.2) is 0 Å². The van der Waals surface area contributed by atoms with E-state index in [1.807, 2.05) is 0 Å². The lowest BCUT2D eigenvalue weighted by Gasteiger charge is -2.15. The van der Waals surface area contributed by atoms with Crippen LogP contribution in [0.5, 0.6) is 0 Å². The van der Waals surface area contributed by atoms with Crippen molar-refractivity contribution in [3.8, 4) is 50.1 Å². The van der Waals surface area contributed by atoms with Crippen LogP contribution in [0.25, 0.3) is 0 Å². The zero-order valence-electron chi connectivity index (χ0n) is 6.44. The van der Waals surface area contributed by atoms with E-state index in [4.69, 9.17) is 25.7 Å². The molecular formula is C8H4O4Si. The molecule has 0 aromatic heterocycles. The van der Waals surface area contributed by atoms with Crippen molar-refractivity contribution in [2.24, 2.45) is 0 Å². The van der Waals surface area contributed by atoms with Crippen molar-refractivity contribution in [3.05, 3.63) is 0 Å². The van der Waals surface area contributed by atoms with Gasteiger partial charge in [0.25, 0.3) is 0 Å². The van der Waals surface area contributed by atoms with E-state index in [-0.39, 0.29) is 0 Å². The normalized spacial score (nSPS) is 7.69. The van der Waals surface area contributed by atoms with E-state index in [0.717, 1.165) is 0 Å². The Morgan fingerprint density at radius 3 is 1.00 bits per heavy atom. The quantitative estimate of drug-likeness (QED) is 0.458. The van der Waals surface area contributed by atoms with Crippen molar-refractivity contribution >= 4 is 9.05 Å². The van der Waals surface area contributed by atoms with E-state index in [0.29, 0.717) is 0 Å². The van der Waals surface area contributed by atoms with Gasteiger partial charge in [-0.3, -0.25) is 0 Å². The molecule has 0 aliphatic rings. The molecule has 0 bridgehead atoms. The second-order valence-electron chi connectivity index (χ2n) is 1.38. The van der Waals surface area contributed by atoms with Crippen molar-refractivity contribution in [1.82, 2.24) is 0 Å². The summed E-state index contributed by atoms with van der Waals surface area (Å²) in [7, 11) is -3.74. The first kappa shape index (κ1) is 10.7. The molecule has 0 unspecified atom stereocenters. The molecule has 0 aliphatic heterocycles. The fraction of sp³-hybridized carbons (Fsp3) is 0. The van der Waals surface area contributed by atoms with Gasteiger partial charge < -0.3 is 17.7 Å². The molecule has 0 spiro atoms. The molecule has 0 radical (unpaired) electrons. The summed E-state index contributed by atoms with van der Waals surface area (Å²) in [5.74, 6) is 0. The molecule has 0 amide bonds. The zero-order valence-corrected chi connectivity index (χ0v) is 7.44. The summed E-state index contributed by atoms with van der Waals surface area (Å²) >= 11 is 0. The summed E-state index contributed by atoms with van der Waals surface area (Å²) in [5, 5.41) is 0. The SMILES string of the molecule is C#CO[Si](OC#C)(OC#C)OC#C. The lowest BCUT2D eigenvalue weighted by molar-refractivity contribution is 0.108. The topological polar surface area (TPSA) is 36.9 Å². The summed E-state index contributed by atoms with van der Waals surface area (Å²) in [6.45, 7) is 0. The molecule has 64 valence electrons. The maximum Gasteiger partial charge on any atom is 1.00 e. The number of rotatable bonds is 4. The molecule has 13 heavy (non-hydrogen) atoms. The zero-order chi connectivity index (χ0) is 10.2. The van der Waals surface area contributed by atoms with E-state index < -0.39 is 9.05 Å². The maximum absolute atomic E-state index is 4.82. The van der Waals surface area contributed by atoms with Gasteiger partial charge in [0, 0.05) is 0 Å². The third-order valence-electron chi connectivity index (χ3n) is 0.736. The first-order chi connectivity index (χ1) is 6.24. The minimum atomic E-state index is -3.74. The molecule has 5 heteroatoms. The van der Waals surface area contributed by atoms with E-state index >= 15 is 0 Å². The van der Waals surface area contributed by atoms with Crippen LogP contribution in [-0.4, -0.2) is 9.05 Å². The Morgan fingerprint density at radius 2 is 0.846 bits per heavy atom. The van der Waals surface area contributed by atoms with Crippen molar-refractivity contribution in [1.29, 1.82) is 0 Å². The monoisotopic (exact) mass is 192 g/mol. The van der Waals surface area contributed by atoms with Gasteiger partial charge in [-0.2, -0.15) is 0 Å². The molecule has 0 heterocycles. The summed E-state index contributed by atoms with van der Waals surface area (Å²) in [6.07, 6.45) is 26.3. The van der Waals surface area contributed by atoms with Crippen molar-refractivity contribution in [2.45, 2.75) is 0 Å². The molecule has 0 saturated heterocycles. The van der Waals surface area contributed by atoms with E-state index in [9.17, 15) is 0 Å². The molecule has 0 aromatic carbocycles. The molecule has 0 rings (SSSR count). The van der Waals surface area contributed by atoms with Gasteiger partial charge in [0.15, 0.2) is 0 Å². The van der Waals surface area contributed by atoms with Crippen LogP contribution in [0.4, 0.5) is 0 Å². The molecular weight excluding hydrogens is 188 g/mol. The average molecular weight is 192 g/mol. The highest BCUT2D eigenvalue weighted by molar-refractivity contribution is 6.55. The highest BCUT2D eigenvalue weighted by Gasteiger charge is 2.58. The minimum absolute atomic E-state index is 1.76. The third-order valence-corrected chi connectivity index (χ3v) is 2.21. The minimum Gasteiger partial charge on any atom is -0.399 e. The Morgan fingerprint density at radius 1 is 0.615 bits per heavy atom. The summed E-state index contributed by atoms with van der Waals surface area (Å²) < 4.78 is 18.1. The van der Waals surface area contributed by atoms with E-state index in [1.54, 1.807) is 24.4 Å². The fourth-order valence-electron chi connectivity index (χ4n) is 0.414. The summed E-state index contributed by atoms with van der Waals surface area (Å²) in [5.41, 5.74) is 0. The highest BCUT2D eigenvalue weighted by atomic mass is 28.4. The lowest BCUT2D eigenvalue weighted by Crippen LogP contribution is -2.44. The van der Waals surface area contributed by atoms with Crippen LogP contribution in [0, 0.1) is 50.1 Å². The Kier molecular flexibility index (Phi) is 4.37. The third kappa shape index (κ3) is 3.04. The van der Waals surface area contributed by atoms with Crippen molar-refractivity contribution < 1.29 is 17.7 Å². The van der Waals surface area contributed by atoms with Gasteiger partial charge in [0.1, 0.15) is 0 Å². The second-order valence-corrected chi connectivity index (χ2v) is 3.20. The highest BCUT2D eigenvalue weighted by Crippen LogP contribution is 2.08. The first-order valence-electron chi connectivity index (χ1n) is 2.79.